The van der Waals surface area contributed by atoms with Crippen molar-refractivity contribution in [3.63, 3.8) is 0 Å². The number of rotatable bonds is 12. The number of carbonyl (C=O) groups excluding carboxylic acids is 2. The number of aryl methyl sites for hydroxylation is 1. The Morgan fingerprint density at radius 3 is 2.02 bits per heavy atom. The van der Waals surface area contributed by atoms with Gasteiger partial charge in [0.1, 0.15) is 11.6 Å². The van der Waals surface area contributed by atoms with Gasteiger partial charge in [-0.2, -0.15) is 0 Å². The molecule has 216 valence electrons. The van der Waals surface area contributed by atoms with Crippen LogP contribution >= 0.6 is 0 Å². The zero-order valence-corrected chi connectivity index (χ0v) is 23.5. The normalized spacial score (nSPS) is 12.1. The predicted octanol–water partition coefficient (Wildman–Crippen LogP) is 5.75. The number of carbonyl (C=O) groups is 2. The molecule has 9 heteroatoms. The van der Waals surface area contributed by atoms with E-state index in [0.717, 1.165) is 23.1 Å². The molecule has 0 spiro atoms. The van der Waals surface area contributed by atoms with Crippen molar-refractivity contribution in [2.75, 3.05) is 0 Å². The monoisotopic (exact) mass is 588 g/mol. The minimum atomic E-state index is -3.60. The fraction of sp³-hybridized carbons (Fsp3) is 0.152. The van der Waals surface area contributed by atoms with Gasteiger partial charge in [-0.25, -0.2) is 17.2 Å². The van der Waals surface area contributed by atoms with Crippen LogP contribution in [-0.4, -0.2) is 26.3 Å². The second-order valence-electron chi connectivity index (χ2n) is 9.72. The molecule has 1 atom stereocenters. The molecule has 0 aromatic heterocycles. The summed E-state index contributed by atoms with van der Waals surface area (Å²) in [6.45, 7) is -0.0729. The number of nitrogens with one attached hydrogen (secondary N) is 2. The summed E-state index contributed by atoms with van der Waals surface area (Å²) in [4.78, 5) is 25.9. The van der Waals surface area contributed by atoms with Gasteiger partial charge < -0.3 is 10.6 Å². The third-order valence-electron chi connectivity index (χ3n) is 6.46. The van der Waals surface area contributed by atoms with Crippen molar-refractivity contribution in [1.82, 2.24) is 10.6 Å². The Bertz CT molecular complexity index is 1640. The number of hydrogen-bond acceptors (Lipinski definition) is 4. The molecule has 0 radical (unpaired) electrons. The number of halogens is 2. The first kappa shape index (κ1) is 30.3. The fourth-order valence-electron chi connectivity index (χ4n) is 4.36. The van der Waals surface area contributed by atoms with Crippen LogP contribution in [0.5, 0.6) is 0 Å². The third-order valence-corrected chi connectivity index (χ3v) is 7.77. The largest absolute Gasteiger partial charge is 0.348 e. The molecule has 0 aliphatic carbocycles. The molecule has 0 fully saturated rings. The second kappa shape index (κ2) is 14.3. The molecule has 0 saturated carbocycles. The summed E-state index contributed by atoms with van der Waals surface area (Å²) in [6, 6.07) is 27.0. The highest BCUT2D eigenvalue weighted by molar-refractivity contribution is 7.93. The summed E-state index contributed by atoms with van der Waals surface area (Å²) in [5, 5.41) is 6.64. The topological polar surface area (TPSA) is 92.3 Å². The fourth-order valence-corrected chi connectivity index (χ4v) is 5.54. The number of sulfone groups is 1. The lowest BCUT2D eigenvalue weighted by atomic mass is 10.0. The van der Waals surface area contributed by atoms with E-state index in [9.17, 15) is 26.8 Å². The molecule has 4 rings (SSSR count). The Kier molecular flexibility index (Phi) is 10.3. The van der Waals surface area contributed by atoms with Gasteiger partial charge >= 0.3 is 0 Å². The molecule has 0 aliphatic heterocycles. The highest BCUT2D eigenvalue weighted by Gasteiger charge is 2.17. The van der Waals surface area contributed by atoms with E-state index in [0.29, 0.717) is 30.0 Å². The summed E-state index contributed by atoms with van der Waals surface area (Å²) >= 11 is 0. The Labute approximate surface area is 244 Å². The van der Waals surface area contributed by atoms with Crippen LogP contribution in [0.1, 0.15) is 43.8 Å². The van der Waals surface area contributed by atoms with Gasteiger partial charge in [0.25, 0.3) is 11.8 Å². The number of benzene rings is 4. The van der Waals surface area contributed by atoms with Crippen molar-refractivity contribution in [2.45, 2.75) is 31.2 Å². The summed E-state index contributed by atoms with van der Waals surface area (Å²) < 4.78 is 52.7. The molecular formula is C33H30F2N2O4S. The molecular weight excluding hydrogens is 558 g/mol. The predicted molar refractivity (Wildman–Crippen MR) is 158 cm³/mol. The van der Waals surface area contributed by atoms with Crippen LogP contribution in [0.2, 0.25) is 0 Å². The molecule has 0 unspecified atom stereocenters. The lowest BCUT2D eigenvalue weighted by molar-refractivity contribution is 0.0929. The van der Waals surface area contributed by atoms with Crippen LogP contribution in [-0.2, 0) is 28.6 Å². The van der Waals surface area contributed by atoms with Gasteiger partial charge in [-0.1, -0.05) is 84.9 Å². The number of hydrogen-bond donors (Lipinski definition) is 2. The van der Waals surface area contributed by atoms with Crippen molar-refractivity contribution >= 4 is 21.7 Å². The SMILES string of the molecule is O=C(NCc1ccccc1C(=O)N[C@H](/C=C/S(=O)(=O)Cc1ccccc1)CCc1ccccc1)c1cc(F)cc(F)c1. The van der Waals surface area contributed by atoms with Gasteiger partial charge in [-0.05, 0) is 47.7 Å². The van der Waals surface area contributed by atoms with Crippen molar-refractivity contribution in [1.29, 1.82) is 0 Å². The third kappa shape index (κ3) is 9.21. The maximum atomic E-state index is 13.5. The van der Waals surface area contributed by atoms with E-state index in [-0.39, 0.29) is 23.4 Å². The van der Waals surface area contributed by atoms with Crippen LogP contribution in [0.3, 0.4) is 0 Å². The van der Waals surface area contributed by atoms with Crippen molar-refractivity contribution < 1.29 is 26.8 Å². The standard InChI is InChI=1S/C33H30F2N2O4S/c34-28-19-27(20-29(35)21-28)32(38)36-22-26-13-7-8-14-31(26)33(39)37-30(16-15-24-9-3-1-4-10-24)17-18-42(40,41)23-25-11-5-2-6-12-25/h1-14,17-21,30H,15-16,22-23H2,(H,36,38)(H,37,39)/b18-17+/t30-/m0/s1. The average molecular weight is 589 g/mol. The molecule has 4 aromatic carbocycles. The molecule has 2 amide bonds. The summed E-state index contributed by atoms with van der Waals surface area (Å²) in [5.74, 6) is -3.07. The Balaban J connectivity index is 1.49. The zero-order chi connectivity index (χ0) is 30.0. The van der Waals surface area contributed by atoms with Crippen LogP contribution < -0.4 is 10.6 Å². The molecule has 0 saturated heterocycles. The molecule has 6 nitrogen and oxygen atoms in total. The smallest absolute Gasteiger partial charge is 0.252 e. The lowest BCUT2D eigenvalue weighted by Crippen LogP contribution is -2.35. The summed E-state index contributed by atoms with van der Waals surface area (Å²) in [6.07, 6.45) is 2.52. The first-order valence-corrected chi connectivity index (χ1v) is 15.0. The van der Waals surface area contributed by atoms with Gasteiger partial charge in [-0.3, -0.25) is 9.59 Å². The molecule has 0 aliphatic rings. The van der Waals surface area contributed by atoms with E-state index in [1.807, 2.05) is 36.4 Å². The number of amides is 2. The quantitative estimate of drug-likeness (QED) is 0.220. The minimum Gasteiger partial charge on any atom is -0.348 e. The van der Waals surface area contributed by atoms with E-state index in [4.69, 9.17) is 0 Å². The van der Waals surface area contributed by atoms with Gasteiger partial charge in [-0.15, -0.1) is 0 Å². The van der Waals surface area contributed by atoms with Crippen molar-refractivity contribution in [3.05, 3.63) is 154 Å². The van der Waals surface area contributed by atoms with Crippen molar-refractivity contribution in [2.24, 2.45) is 0 Å². The maximum Gasteiger partial charge on any atom is 0.252 e. The van der Waals surface area contributed by atoms with Crippen molar-refractivity contribution in [3.8, 4) is 0 Å². The molecule has 0 bridgehead atoms. The molecule has 4 aromatic rings. The Morgan fingerprint density at radius 2 is 1.36 bits per heavy atom. The van der Waals surface area contributed by atoms with E-state index in [2.05, 4.69) is 10.6 Å². The second-order valence-corrected chi connectivity index (χ2v) is 11.6. The Hall–Kier alpha value is -4.63. The highest BCUT2D eigenvalue weighted by Crippen LogP contribution is 2.14. The molecule has 42 heavy (non-hydrogen) atoms. The van der Waals surface area contributed by atoms with Gasteiger partial charge in [0.15, 0.2) is 9.84 Å². The van der Waals surface area contributed by atoms with Crippen LogP contribution in [0, 0.1) is 11.6 Å². The first-order chi connectivity index (χ1) is 20.2. The van der Waals surface area contributed by atoms with Crippen LogP contribution in [0.4, 0.5) is 8.78 Å². The summed E-state index contributed by atoms with van der Waals surface area (Å²) in [5.41, 5.74) is 2.26. The Morgan fingerprint density at radius 1 is 0.762 bits per heavy atom. The summed E-state index contributed by atoms with van der Waals surface area (Å²) in [7, 11) is -3.60. The molecule has 0 heterocycles. The van der Waals surface area contributed by atoms with Crippen LogP contribution in [0.15, 0.2) is 115 Å². The van der Waals surface area contributed by atoms with E-state index in [1.165, 1.54) is 6.08 Å². The van der Waals surface area contributed by atoms with Crippen LogP contribution in [0.25, 0.3) is 0 Å². The zero-order valence-electron chi connectivity index (χ0n) is 22.7. The van der Waals surface area contributed by atoms with Gasteiger partial charge in [0, 0.05) is 35.2 Å². The maximum absolute atomic E-state index is 13.5. The average Bonchev–Trinajstić information content (AvgIpc) is 2.97. The van der Waals surface area contributed by atoms with E-state index in [1.54, 1.807) is 48.5 Å². The highest BCUT2D eigenvalue weighted by atomic mass is 32.2. The first-order valence-electron chi connectivity index (χ1n) is 13.3. The van der Waals surface area contributed by atoms with E-state index >= 15 is 0 Å². The van der Waals surface area contributed by atoms with E-state index < -0.39 is 39.3 Å². The lowest BCUT2D eigenvalue weighted by Gasteiger charge is -2.17. The molecule has 2 N–H and O–H groups in total. The van der Waals surface area contributed by atoms with Gasteiger partial charge in [0.05, 0.1) is 5.75 Å². The minimum absolute atomic E-state index is 0.0729. The van der Waals surface area contributed by atoms with Gasteiger partial charge in [0.2, 0.25) is 0 Å².